The van der Waals surface area contributed by atoms with Gasteiger partial charge in [-0.1, -0.05) is 18.2 Å². The standard InChI is InChI=1S/C16H24N4/c1-5-19(6-2)16-15(12-17-4)13(3)18-20(16)14-10-8-7-9-11-14/h7-11,17H,5-6,12H2,1-4H3. The lowest BCUT2D eigenvalue weighted by molar-refractivity contribution is 0.765. The molecule has 1 N–H and O–H groups in total. The van der Waals surface area contributed by atoms with E-state index in [2.05, 4.69) is 59.9 Å². The van der Waals surface area contributed by atoms with Crippen LogP contribution in [0.5, 0.6) is 0 Å². The van der Waals surface area contributed by atoms with Gasteiger partial charge in [-0.25, -0.2) is 4.68 Å². The quantitative estimate of drug-likeness (QED) is 0.878. The lowest BCUT2D eigenvalue weighted by Crippen LogP contribution is -2.26. The van der Waals surface area contributed by atoms with Crippen molar-refractivity contribution in [1.29, 1.82) is 0 Å². The lowest BCUT2D eigenvalue weighted by Gasteiger charge is -2.23. The first kappa shape index (κ1) is 14.6. The summed E-state index contributed by atoms with van der Waals surface area (Å²) in [7, 11) is 1.98. The Kier molecular flexibility index (Phi) is 4.79. The minimum Gasteiger partial charge on any atom is -0.357 e. The molecular weight excluding hydrogens is 248 g/mol. The zero-order valence-electron chi connectivity index (χ0n) is 12.8. The Hall–Kier alpha value is -1.81. The molecule has 1 heterocycles. The molecule has 1 aromatic carbocycles. The van der Waals surface area contributed by atoms with Crippen LogP contribution in [0.3, 0.4) is 0 Å². The highest BCUT2D eigenvalue weighted by atomic mass is 15.4. The van der Waals surface area contributed by atoms with Crippen LogP contribution in [0, 0.1) is 6.92 Å². The van der Waals surface area contributed by atoms with E-state index >= 15 is 0 Å². The molecule has 4 heteroatoms. The van der Waals surface area contributed by atoms with Gasteiger partial charge < -0.3 is 10.2 Å². The predicted molar refractivity (Wildman–Crippen MR) is 84.6 cm³/mol. The van der Waals surface area contributed by atoms with Crippen LogP contribution in [0.2, 0.25) is 0 Å². The van der Waals surface area contributed by atoms with Crippen LogP contribution in [-0.2, 0) is 6.54 Å². The zero-order valence-corrected chi connectivity index (χ0v) is 12.8. The number of nitrogens with one attached hydrogen (secondary N) is 1. The SMILES string of the molecule is CCN(CC)c1c(CNC)c(C)nn1-c1ccccc1. The monoisotopic (exact) mass is 272 g/mol. The van der Waals surface area contributed by atoms with Gasteiger partial charge >= 0.3 is 0 Å². The van der Waals surface area contributed by atoms with Crippen molar-refractivity contribution >= 4 is 5.82 Å². The number of aryl methyl sites for hydroxylation is 1. The molecule has 0 radical (unpaired) electrons. The molecule has 20 heavy (non-hydrogen) atoms. The first-order valence-corrected chi connectivity index (χ1v) is 7.26. The maximum Gasteiger partial charge on any atom is 0.137 e. The molecule has 0 saturated heterocycles. The number of anilines is 1. The van der Waals surface area contributed by atoms with E-state index in [4.69, 9.17) is 5.10 Å². The van der Waals surface area contributed by atoms with E-state index in [0.29, 0.717) is 0 Å². The third kappa shape index (κ3) is 2.70. The highest BCUT2D eigenvalue weighted by Gasteiger charge is 2.19. The Morgan fingerprint density at radius 2 is 1.80 bits per heavy atom. The largest absolute Gasteiger partial charge is 0.357 e. The normalized spacial score (nSPS) is 10.8. The van der Waals surface area contributed by atoms with Gasteiger partial charge in [0.1, 0.15) is 5.82 Å². The van der Waals surface area contributed by atoms with Crippen LogP contribution in [0.4, 0.5) is 5.82 Å². The molecule has 108 valence electrons. The molecule has 0 aliphatic rings. The van der Waals surface area contributed by atoms with Gasteiger partial charge in [0.05, 0.1) is 11.4 Å². The second kappa shape index (κ2) is 6.57. The number of hydrogen-bond donors (Lipinski definition) is 1. The van der Waals surface area contributed by atoms with Gasteiger partial charge in [0, 0.05) is 25.2 Å². The third-order valence-electron chi connectivity index (χ3n) is 3.57. The maximum atomic E-state index is 4.75. The topological polar surface area (TPSA) is 33.1 Å². The molecule has 0 saturated carbocycles. The molecule has 1 aromatic heterocycles. The molecule has 0 aliphatic heterocycles. The van der Waals surface area contributed by atoms with Crippen molar-refractivity contribution in [3.05, 3.63) is 41.6 Å². The molecular formula is C16H24N4. The maximum absolute atomic E-state index is 4.75. The van der Waals surface area contributed by atoms with Gasteiger partial charge in [0.15, 0.2) is 0 Å². The summed E-state index contributed by atoms with van der Waals surface area (Å²) in [5.74, 6) is 1.20. The van der Waals surface area contributed by atoms with Crippen LogP contribution in [0.1, 0.15) is 25.1 Å². The molecule has 0 atom stereocenters. The fourth-order valence-electron chi connectivity index (χ4n) is 2.53. The van der Waals surface area contributed by atoms with E-state index in [9.17, 15) is 0 Å². The number of hydrogen-bond acceptors (Lipinski definition) is 3. The van der Waals surface area contributed by atoms with Crippen molar-refractivity contribution in [2.45, 2.75) is 27.3 Å². The van der Waals surface area contributed by atoms with Crippen molar-refractivity contribution < 1.29 is 0 Å². The number of para-hydroxylation sites is 1. The van der Waals surface area contributed by atoms with E-state index in [-0.39, 0.29) is 0 Å². The highest BCUT2D eigenvalue weighted by molar-refractivity contribution is 5.55. The van der Waals surface area contributed by atoms with Crippen LogP contribution in [0.25, 0.3) is 5.69 Å². The predicted octanol–water partition coefficient (Wildman–Crippen LogP) is 2.75. The van der Waals surface area contributed by atoms with E-state index in [0.717, 1.165) is 31.0 Å². The van der Waals surface area contributed by atoms with E-state index in [1.165, 1.54) is 11.4 Å². The van der Waals surface area contributed by atoms with Crippen molar-refractivity contribution in [1.82, 2.24) is 15.1 Å². The summed E-state index contributed by atoms with van der Waals surface area (Å²) >= 11 is 0. The number of rotatable bonds is 6. The molecule has 0 spiro atoms. The summed E-state index contributed by atoms with van der Waals surface area (Å²) in [6, 6.07) is 10.3. The Morgan fingerprint density at radius 3 is 2.35 bits per heavy atom. The van der Waals surface area contributed by atoms with Crippen molar-refractivity contribution in [2.75, 3.05) is 25.0 Å². The van der Waals surface area contributed by atoms with Crippen LogP contribution in [0.15, 0.2) is 30.3 Å². The Morgan fingerprint density at radius 1 is 1.15 bits per heavy atom. The van der Waals surface area contributed by atoms with Crippen molar-refractivity contribution in [3.63, 3.8) is 0 Å². The number of nitrogens with zero attached hydrogens (tertiary/aromatic N) is 3. The Balaban J connectivity index is 2.59. The van der Waals surface area contributed by atoms with E-state index in [1.54, 1.807) is 0 Å². The molecule has 0 aliphatic carbocycles. The van der Waals surface area contributed by atoms with Gasteiger partial charge in [0.25, 0.3) is 0 Å². The Bertz CT molecular complexity index is 541. The smallest absolute Gasteiger partial charge is 0.137 e. The first-order chi connectivity index (χ1) is 9.72. The van der Waals surface area contributed by atoms with Gasteiger partial charge in [-0.2, -0.15) is 5.10 Å². The average Bonchev–Trinajstić information content (AvgIpc) is 2.80. The molecule has 0 amide bonds. The molecule has 2 rings (SSSR count). The molecule has 0 fully saturated rings. The van der Waals surface area contributed by atoms with Gasteiger partial charge in [-0.15, -0.1) is 0 Å². The molecule has 0 bridgehead atoms. The fourth-order valence-corrected chi connectivity index (χ4v) is 2.53. The summed E-state index contributed by atoms with van der Waals surface area (Å²) in [5.41, 5.74) is 3.48. The second-order valence-corrected chi connectivity index (χ2v) is 4.84. The molecule has 0 unspecified atom stereocenters. The summed E-state index contributed by atoms with van der Waals surface area (Å²) in [6.45, 7) is 9.24. The van der Waals surface area contributed by atoms with Crippen LogP contribution >= 0.6 is 0 Å². The van der Waals surface area contributed by atoms with Crippen molar-refractivity contribution in [2.24, 2.45) is 0 Å². The van der Waals surface area contributed by atoms with Crippen LogP contribution < -0.4 is 10.2 Å². The van der Waals surface area contributed by atoms with E-state index in [1.807, 2.05) is 13.1 Å². The summed E-state index contributed by atoms with van der Waals surface area (Å²) in [4.78, 5) is 2.36. The minimum atomic E-state index is 0.838. The second-order valence-electron chi connectivity index (χ2n) is 4.84. The van der Waals surface area contributed by atoms with Gasteiger partial charge in [-0.05, 0) is 40.0 Å². The van der Waals surface area contributed by atoms with E-state index < -0.39 is 0 Å². The highest BCUT2D eigenvalue weighted by Crippen LogP contribution is 2.27. The summed E-state index contributed by atoms with van der Waals surface area (Å²) in [5, 5.41) is 8.00. The summed E-state index contributed by atoms with van der Waals surface area (Å²) in [6.07, 6.45) is 0. The molecule has 4 nitrogen and oxygen atoms in total. The van der Waals surface area contributed by atoms with Gasteiger partial charge in [0.2, 0.25) is 0 Å². The first-order valence-electron chi connectivity index (χ1n) is 7.26. The fraction of sp³-hybridized carbons (Fsp3) is 0.438. The molecule has 2 aromatic rings. The average molecular weight is 272 g/mol. The third-order valence-corrected chi connectivity index (χ3v) is 3.57. The number of aromatic nitrogens is 2. The zero-order chi connectivity index (χ0) is 14.5. The minimum absolute atomic E-state index is 0.838. The number of benzene rings is 1. The Labute approximate surface area is 121 Å². The van der Waals surface area contributed by atoms with Crippen LogP contribution in [-0.4, -0.2) is 29.9 Å². The lowest BCUT2D eigenvalue weighted by atomic mass is 10.2. The van der Waals surface area contributed by atoms with Gasteiger partial charge in [-0.3, -0.25) is 0 Å². The van der Waals surface area contributed by atoms with Crippen molar-refractivity contribution in [3.8, 4) is 5.69 Å². The summed E-state index contributed by atoms with van der Waals surface area (Å²) < 4.78 is 2.06.